The molecule has 0 aliphatic heterocycles. The molecule has 0 spiro atoms. The predicted molar refractivity (Wildman–Crippen MR) is 63.9 cm³/mol. The summed E-state index contributed by atoms with van der Waals surface area (Å²) in [5.41, 5.74) is 0.958. The molecule has 0 fully saturated rings. The molecule has 0 radical (unpaired) electrons. The van der Waals surface area contributed by atoms with E-state index in [0.717, 1.165) is 20.5 Å². The fourth-order valence-electron chi connectivity index (χ4n) is 1.05. The third kappa shape index (κ3) is 2.66. The maximum atomic E-state index is 5.06. The van der Waals surface area contributed by atoms with Crippen molar-refractivity contribution in [2.24, 2.45) is 0 Å². The number of nitrogens with one attached hydrogen (secondary N) is 1. The lowest BCUT2D eigenvalue weighted by Crippen LogP contribution is -1.89. The van der Waals surface area contributed by atoms with Crippen LogP contribution in [-0.2, 0) is 0 Å². The molecule has 2 aromatic rings. The van der Waals surface area contributed by atoms with Crippen LogP contribution in [0.1, 0.15) is 0 Å². The molecule has 0 atom stereocenters. The molecule has 15 heavy (non-hydrogen) atoms. The predicted octanol–water partition coefficient (Wildman–Crippen LogP) is 3.05. The Bertz CT molecular complexity index is 443. The molecule has 6 heteroatoms. The van der Waals surface area contributed by atoms with Crippen molar-refractivity contribution < 1.29 is 4.74 Å². The van der Waals surface area contributed by atoms with E-state index in [1.807, 2.05) is 24.3 Å². The molecule has 2 rings (SSSR count). The highest BCUT2D eigenvalue weighted by molar-refractivity contribution is 9.11. The smallest absolute Gasteiger partial charge is 0.210 e. The van der Waals surface area contributed by atoms with Crippen molar-refractivity contribution in [3.05, 3.63) is 28.2 Å². The molecule has 1 aromatic heterocycles. The second-order valence-electron chi connectivity index (χ2n) is 2.71. The number of aromatic nitrogens is 2. The van der Waals surface area contributed by atoms with E-state index in [2.05, 4.69) is 31.4 Å². The van der Waals surface area contributed by atoms with Crippen LogP contribution in [0.5, 0.6) is 5.75 Å². The minimum Gasteiger partial charge on any atom is -0.497 e. The maximum absolute atomic E-state index is 5.06. The molecule has 1 aromatic carbocycles. The Morgan fingerprint density at radius 3 is 2.53 bits per heavy atom. The first-order valence-electron chi connectivity index (χ1n) is 4.18. The quantitative estimate of drug-likeness (QED) is 0.942. The molecule has 0 aliphatic rings. The van der Waals surface area contributed by atoms with Crippen LogP contribution in [0.4, 0.5) is 10.8 Å². The Morgan fingerprint density at radius 2 is 2.00 bits per heavy atom. The number of ether oxygens (including phenoxy) is 1. The summed E-state index contributed by atoms with van der Waals surface area (Å²) in [7, 11) is 1.64. The van der Waals surface area contributed by atoms with Crippen LogP contribution in [0.25, 0.3) is 0 Å². The summed E-state index contributed by atoms with van der Waals surface area (Å²) in [5, 5.41) is 11.7. The van der Waals surface area contributed by atoms with Gasteiger partial charge in [-0.3, -0.25) is 0 Å². The number of anilines is 2. The standard InChI is InChI=1S/C9H8BrN3OS/c1-14-7-4-2-6(3-5-7)11-9-13-12-8(10)15-9/h2-5H,1H3,(H,11,13). The van der Waals surface area contributed by atoms with Crippen LogP contribution in [0.2, 0.25) is 0 Å². The molecule has 4 nitrogen and oxygen atoms in total. The van der Waals surface area contributed by atoms with Gasteiger partial charge in [0.05, 0.1) is 7.11 Å². The summed E-state index contributed by atoms with van der Waals surface area (Å²) in [6, 6.07) is 7.62. The van der Waals surface area contributed by atoms with E-state index in [4.69, 9.17) is 4.74 Å². The first kappa shape index (κ1) is 10.4. The van der Waals surface area contributed by atoms with Crippen LogP contribution < -0.4 is 10.1 Å². The van der Waals surface area contributed by atoms with E-state index >= 15 is 0 Å². The lowest BCUT2D eigenvalue weighted by molar-refractivity contribution is 0.415. The highest BCUT2D eigenvalue weighted by atomic mass is 79.9. The zero-order chi connectivity index (χ0) is 10.7. The van der Waals surface area contributed by atoms with Gasteiger partial charge in [-0.25, -0.2) is 0 Å². The Labute approximate surface area is 99.4 Å². The molecule has 0 saturated carbocycles. The van der Waals surface area contributed by atoms with Crippen molar-refractivity contribution >= 4 is 38.1 Å². The minimum atomic E-state index is 0.757. The molecule has 0 amide bonds. The van der Waals surface area contributed by atoms with E-state index in [1.54, 1.807) is 7.11 Å². The number of nitrogens with zero attached hydrogens (tertiary/aromatic N) is 2. The number of hydrogen-bond acceptors (Lipinski definition) is 5. The Morgan fingerprint density at radius 1 is 1.27 bits per heavy atom. The van der Waals surface area contributed by atoms with Gasteiger partial charge >= 0.3 is 0 Å². The second-order valence-corrected chi connectivity index (χ2v) is 4.97. The summed E-state index contributed by atoms with van der Waals surface area (Å²) >= 11 is 4.70. The second kappa shape index (κ2) is 4.59. The Balaban J connectivity index is 2.11. The first-order valence-corrected chi connectivity index (χ1v) is 5.79. The lowest BCUT2D eigenvalue weighted by Gasteiger charge is -2.03. The van der Waals surface area contributed by atoms with Gasteiger partial charge in [-0.05, 0) is 40.2 Å². The number of hydrogen-bond donors (Lipinski definition) is 1. The molecule has 1 heterocycles. The number of halogens is 1. The molecule has 0 saturated heterocycles. The van der Waals surface area contributed by atoms with Gasteiger partial charge < -0.3 is 10.1 Å². The normalized spacial score (nSPS) is 10.0. The van der Waals surface area contributed by atoms with Crippen LogP contribution in [0.3, 0.4) is 0 Å². The van der Waals surface area contributed by atoms with E-state index < -0.39 is 0 Å². The van der Waals surface area contributed by atoms with Crippen LogP contribution >= 0.6 is 27.3 Å². The van der Waals surface area contributed by atoms with Gasteiger partial charge in [0.2, 0.25) is 5.13 Å². The van der Waals surface area contributed by atoms with E-state index in [1.165, 1.54) is 11.3 Å². The van der Waals surface area contributed by atoms with Gasteiger partial charge in [0, 0.05) is 5.69 Å². The first-order chi connectivity index (χ1) is 7.28. The average Bonchev–Trinajstić information content (AvgIpc) is 2.65. The van der Waals surface area contributed by atoms with Crippen LogP contribution in [-0.4, -0.2) is 17.3 Å². The summed E-state index contributed by atoms with van der Waals surface area (Å²) in [4.78, 5) is 0. The number of rotatable bonds is 3. The van der Waals surface area contributed by atoms with Crippen molar-refractivity contribution in [3.63, 3.8) is 0 Å². The van der Waals surface area contributed by atoms with Crippen LogP contribution in [0.15, 0.2) is 28.2 Å². The van der Waals surface area contributed by atoms with E-state index in [0.29, 0.717) is 0 Å². The molecular formula is C9H8BrN3OS. The van der Waals surface area contributed by atoms with Gasteiger partial charge in [0.1, 0.15) is 5.75 Å². The lowest BCUT2D eigenvalue weighted by atomic mass is 10.3. The fraction of sp³-hybridized carbons (Fsp3) is 0.111. The Hall–Kier alpha value is -1.14. The summed E-state index contributed by atoms with van der Waals surface area (Å²) in [6.07, 6.45) is 0. The number of benzene rings is 1. The fourth-order valence-corrected chi connectivity index (χ4v) is 2.08. The molecule has 0 unspecified atom stereocenters. The zero-order valence-corrected chi connectivity index (χ0v) is 10.3. The third-order valence-corrected chi connectivity index (χ3v) is 3.01. The van der Waals surface area contributed by atoms with Crippen molar-refractivity contribution in [1.82, 2.24) is 10.2 Å². The molecule has 78 valence electrons. The van der Waals surface area contributed by atoms with E-state index in [-0.39, 0.29) is 0 Å². The monoisotopic (exact) mass is 285 g/mol. The maximum Gasteiger partial charge on any atom is 0.210 e. The topological polar surface area (TPSA) is 47.0 Å². The minimum absolute atomic E-state index is 0.757. The molecule has 1 N–H and O–H groups in total. The SMILES string of the molecule is COc1ccc(Nc2nnc(Br)s2)cc1. The summed E-state index contributed by atoms with van der Waals surface area (Å²) in [5.74, 6) is 0.832. The zero-order valence-electron chi connectivity index (χ0n) is 7.90. The van der Waals surface area contributed by atoms with Crippen molar-refractivity contribution in [1.29, 1.82) is 0 Å². The van der Waals surface area contributed by atoms with E-state index in [9.17, 15) is 0 Å². The van der Waals surface area contributed by atoms with Crippen molar-refractivity contribution in [2.45, 2.75) is 0 Å². The summed E-state index contributed by atoms with van der Waals surface area (Å²) < 4.78 is 5.83. The third-order valence-electron chi connectivity index (χ3n) is 1.74. The van der Waals surface area contributed by atoms with Gasteiger partial charge in [-0.1, -0.05) is 11.3 Å². The average molecular weight is 286 g/mol. The molecule has 0 bridgehead atoms. The van der Waals surface area contributed by atoms with Gasteiger partial charge in [-0.15, -0.1) is 10.2 Å². The van der Waals surface area contributed by atoms with Gasteiger partial charge in [0.25, 0.3) is 0 Å². The highest BCUT2D eigenvalue weighted by Gasteiger charge is 2.01. The van der Waals surface area contributed by atoms with Gasteiger partial charge in [0.15, 0.2) is 3.92 Å². The Kier molecular flexibility index (Phi) is 3.17. The van der Waals surface area contributed by atoms with Crippen molar-refractivity contribution in [3.8, 4) is 5.75 Å². The number of methoxy groups -OCH3 is 1. The van der Waals surface area contributed by atoms with Crippen LogP contribution in [0, 0.1) is 0 Å². The molecular weight excluding hydrogens is 278 g/mol. The highest BCUT2D eigenvalue weighted by Crippen LogP contribution is 2.24. The van der Waals surface area contributed by atoms with Gasteiger partial charge in [-0.2, -0.15) is 0 Å². The molecule has 0 aliphatic carbocycles. The largest absolute Gasteiger partial charge is 0.497 e. The summed E-state index contributed by atoms with van der Waals surface area (Å²) in [6.45, 7) is 0. The van der Waals surface area contributed by atoms with Crippen molar-refractivity contribution in [2.75, 3.05) is 12.4 Å².